The minimum Gasteiger partial charge on any atom is -0.359 e. The van der Waals surface area contributed by atoms with E-state index >= 15 is 0 Å². The first kappa shape index (κ1) is 14.8. The zero-order valence-corrected chi connectivity index (χ0v) is 12.4. The zero-order valence-electron chi connectivity index (χ0n) is 12.4. The highest BCUT2D eigenvalue weighted by Crippen LogP contribution is 2.18. The van der Waals surface area contributed by atoms with Gasteiger partial charge in [0.25, 0.3) is 5.91 Å². The van der Waals surface area contributed by atoms with Crippen LogP contribution in [0.4, 0.5) is 5.69 Å². The Labute approximate surface area is 121 Å². The first-order valence-corrected chi connectivity index (χ1v) is 6.40. The normalized spacial score (nSPS) is 10.5. The number of aromatic nitrogens is 3. The second-order valence-electron chi connectivity index (χ2n) is 4.72. The van der Waals surface area contributed by atoms with Gasteiger partial charge >= 0.3 is 0 Å². The minimum absolute atomic E-state index is 0.154. The van der Waals surface area contributed by atoms with E-state index in [1.165, 1.54) is 0 Å². The van der Waals surface area contributed by atoms with E-state index in [9.17, 15) is 9.59 Å². The first-order valence-electron chi connectivity index (χ1n) is 6.40. The van der Waals surface area contributed by atoms with E-state index in [1.807, 2.05) is 6.92 Å². The SMILES string of the molecule is Cc1noc(C)c1NC(=O)CNC(=O)c1cc(C)n(C)n1. The number of amides is 2. The molecule has 2 rings (SSSR count). The van der Waals surface area contributed by atoms with E-state index < -0.39 is 5.91 Å². The lowest BCUT2D eigenvalue weighted by molar-refractivity contribution is -0.115. The van der Waals surface area contributed by atoms with Gasteiger partial charge < -0.3 is 15.2 Å². The van der Waals surface area contributed by atoms with Crippen molar-refractivity contribution in [1.82, 2.24) is 20.3 Å². The van der Waals surface area contributed by atoms with Gasteiger partial charge in [-0.2, -0.15) is 5.10 Å². The van der Waals surface area contributed by atoms with Gasteiger partial charge in [-0.15, -0.1) is 0 Å². The second kappa shape index (κ2) is 5.78. The monoisotopic (exact) mass is 291 g/mol. The van der Waals surface area contributed by atoms with Crippen molar-refractivity contribution >= 4 is 17.5 Å². The van der Waals surface area contributed by atoms with E-state index in [0.29, 0.717) is 17.1 Å². The fraction of sp³-hybridized carbons (Fsp3) is 0.385. The van der Waals surface area contributed by atoms with Crippen LogP contribution in [-0.4, -0.2) is 33.3 Å². The summed E-state index contributed by atoms with van der Waals surface area (Å²) in [6.45, 7) is 5.11. The maximum absolute atomic E-state index is 11.9. The van der Waals surface area contributed by atoms with Crippen LogP contribution < -0.4 is 10.6 Å². The third kappa shape index (κ3) is 3.28. The summed E-state index contributed by atoms with van der Waals surface area (Å²) in [4.78, 5) is 23.7. The number of carbonyl (C=O) groups is 2. The highest BCUT2D eigenvalue weighted by Gasteiger charge is 2.15. The van der Waals surface area contributed by atoms with E-state index in [2.05, 4.69) is 20.9 Å². The molecule has 0 aliphatic carbocycles. The molecule has 2 N–H and O–H groups in total. The minimum atomic E-state index is -0.396. The Bertz CT molecular complexity index is 647. The standard InChI is InChI=1S/C13H17N5O3/c1-7-5-10(16-18(7)4)13(20)14-6-11(19)15-12-8(2)17-21-9(12)3/h5H,6H2,1-4H3,(H,14,20)(H,15,19). The quantitative estimate of drug-likeness (QED) is 0.863. The van der Waals surface area contributed by atoms with E-state index in [4.69, 9.17) is 4.52 Å². The summed E-state index contributed by atoms with van der Waals surface area (Å²) < 4.78 is 6.54. The molecule has 2 heterocycles. The van der Waals surface area contributed by atoms with Crippen molar-refractivity contribution in [3.05, 3.63) is 28.9 Å². The van der Waals surface area contributed by atoms with Crippen LogP contribution in [0.1, 0.15) is 27.6 Å². The molecular weight excluding hydrogens is 274 g/mol. The van der Waals surface area contributed by atoms with Gasteiger partial charge in [-0.3, -0.25) is 14.3 Å². The summed E-state index contributed by atoms with van der Waals surface area (Å²) in [5.41, 5.74) is 2.26. The molecule has 0 saturated heterocycles. The molecule has 0 bridgehead atoms. The maximum Gasteiger partial charge on any atom is 0.272 e. The Morgan fingerprint density at radius 3 is 2.57 bits per heavy atom. The molecular formula is C13H17N5O3. The molecule has 2 amide bonds. The average Bonchev–Trinajstić information content (AvgIpc) is 2.93. The Morgan fingerprint density at radius 1 is 1.33 bits per heavy atom. The zero-order chi connectivity index (χ0) is 15.6. The van der Waals surface area contributed by atoms with Crippen LogP contribution in [-0.2, 0) is 11.8 Å². The summed E-state index contributed by atoms with van der Waals surface area (Å²) in [7, 11) is 1.75. The van der Waals surface area contributed by atoms with E-state index in [-0.39, 0.29) is 18.1 Å². The lowest BCUT2D eigenvalue weighted by Gasteiger charge is -2.05. The predicted octanol–water partition coefficient (Wildman–Crippen LogP) is 0.702. The Kier molecular flexibility index (Phi) is 4.06. The highest BCUT2D eigenvalue weighted by atomic mass is 16.5. The fourth-order valence-electron chi connectivity index (χ4n) is 1.77. The van der Waals surface area contributed by atoms with E-state index in [0.717, 1.165) is 5.69 Å². The van der Waals surface area contributed by atoms with Crippen LogP contribution in [0.25, 0.3) is 0 Å². The number of nitrogens with one attached hydrogen (secondary N) is 2. The third-order valence-corrected chi connectivity index (χ3v) is 3.05. The third-order valence-electron chi connectivity index (χ3n) is 3.05. The molecule has 8 heteroatoms. The van der Waals surface area contributed by atoms with Gasteiger partial charge in [-0.25, -0.2) is 0 Å². The highest BCUT2D eigenvalue weighted by molar-refractivity contribution is 5.98. The van der Waals surface area contributed by atoms with Crippen molar-refractivity contribution in [3.63, 3.8) is 0 Å². The molecule has 2 aromatic rings. The molecule has 0 spiro atoms. The summed E-state index contributed by atoms with van der Waals surface area (Å²) >= 11 is 0. The van der Waals surface area contributed by atoms with Gasteiger partial charge in [0.05, 0.1) is 6.54 Å². The summed E-state index contributed by atoms with van der Waals surface area (Å²) in [5, 5.41) is 12.9. The van der Waals surface area contributed by atoms with Crippen LogP contribution >= 0.6 is 0 Å². The topological polar surface area (TPSA) is 102 Å². The Hall–Kier alpha value is -2.64. The smallest absolute Gasteiger partial charge is 0.272 e. The predicted molar refractivity (Wildman–Crippen MR) is 74.9 cm³/mol. The Balaban J connectivity index is 1.91. The fourth-order valence-corrected chi connectivity index (χ4v) is 1.77. The van der Waals surface area contributed by atoms with Crippen LogP contribution in [0.15, 0.2) is 10.6 Å². The maximum atomic E-state index is 11.9. The molecule has 8 nitrogen and oxygen atoms in total. The number of hydrogen-bond donors (Lipinski definition) is 2. The van der Waals surface area contributed by atoms with Gasteiger partial charge in [-0.05, 0) is 26.8 Å². The van der Waals surface area contributed by atoms with Crippen molar-refractivity contribution < 1.29 is 14.1 Å². The van der Waals surface area contributed by atoms with Crippen molar-refractivity contribution in [1.29, 1.82) is 0 Å². The molecule has 0 fully saturated rings. The number of carbonyl (C=O) groups excluding carboxylic acids is 2. The van der Waals surface area contributed by atoms with Crippen LogP contribution in [0.3, 0.4) is 0 Å². The summed E-state index contributed by atoms with van der Waals surface area (Å²) in [5.74, 6) is -0.231. The number of anilines is 1. The molecule has 112 valence electrons. The molecule has 0 aliphatic heterocycles. The second-order valence-corrected chi connectivity index (χ2v) is 4.72. The summed E-state index contributed by atoms with van der Waals surface area (Å²) in [6, 6.07) is 1.65. The number of aryl methyl sites for hydroxylation is 4. The van der Waals surface area contributed by atoms with Crippen molar-refractivity contribution in [2.24, 2.45) is 7.05 Å². The van der Waals surface area contributed by atoms with Gasteiger partial charge in [0.1, 0.15) is 17.1 Å². The van der Waals surface area contributed by atoms with Crippen LogP contribution in [0.2, 0.25) is 0 Å². The Morgan fingerprint density at radius 2 is 2.05 bits per heavy atom. The van der Waals surface area contributed by atoms with Crippen LogP contribution in [0.5, 0.6) is 0 Å². The van der Waals surface area contributed by atoms with Gasteiger partial charge in [0.15, 0.2) is 5.76 Å². The van der Waals surface area contributed by atoms with Gasteiger partial charge in [0.2, 0.25) is 5.91 Å². The molecule has 0 aromatic carbocycles. The molecule has 0 saturated carbocycles. The molecule has 0 radical (unpaired) electrons. The molecule has 0 aliphatic rings. The average molecular weight is 291 g/mol. The van der Waals surface area contributed by atoms with E-state index in [1.54, 1.807) is 31.6 Å². The number of nitrogens with zero attached hydrogens (tertiary/aromatic N) is 3. The lowest BCUT2D eigenvalue weighted by Crippen LogP contribution is -2.33. The molecule has 2 aromatic heterocycles. The van der Waals surface area contributed by atoms with Gasteiger partial charge in [-0.1, -0.05) is 5.16 Å². The molecule has 21 heavy (non-hydrogen) atoms. The molecule has 0 unspecified atom stereocenters. The van der Waals surface area contributed by atoms with Crippen LogP contribution in [0, 0.1) is 20.8 Å². The van der Waals surface area contributed by atoms with Crippen molar-refractivity contribution in [3.8, 4) is 0 Å². The van der Waals surface area contributed by atoms with Crippen molar-refractivity contribution in [2.45, 2.75) is 20.8 Å². The van der Waals surface area contributed by atoms with Gasteiger partial charge in [0, 0.05) is 12.7 Å². The lowest BCUT2D eigenvalue weighted by atomic mass is 10.3. The number of hydrogen-bond acceptors (Lipinski definition) is 5. The van der Waals surface area contributed by atoms with Crippen molar-refractivity contribution in [2.75, 3.05) is 11.9 Å². The first-order chi connectivity index (χ1) is 9.88. The summed E-state index contributed by atoms with van der Waals surface area (Å²) in [6.07, 6.45) is 0. The number of rotatable bonds is 4. The molecule has 0 atom stereocenters. The largest absolute Gasteiger partial charge is 0.359 e.